The van der Waals surface area contributed by atoms with Gasteiger partial charge in [0.2, 0.25) is 0 Å². The van der Waals surface area contributed by atoms with Gasteiger partial charge in [-0.3, -0.25) is 4.79 Å². The van der Waals surface area contributed by atoms with Crippen LogP contribution in [-0.4, -0.2) is 11.1 Å². The molecule has 0 unspecified atom stereocenters. The number of hydrogen-bond acceptors (Lipinski definition) is 2. The van der Waals surface area contributed by atoms with Crippen LogP contribution in [0.25, 0.3) is 0 Å². The summed E-state index contributed by atoms with van der Waals surface area (Å²) in [6, 6.07) is 3.93. The number of nitrogens with two attached hydrogens (primary N) is 1. The fraction of sp³-hybridized carbons (Fsp3) is 0.300. The van der Waals surface area contributed by atoms with Crippen molar-refractivity contribution in [3.05, 3.63) is 29.6 Å². The van der Waals surface area contributed by atoms with Crippen molar-refractivity contribution in [2.75, 3.05) is 5.73 Å². The lowest BCUT2D eigenvalue weighted by Crippen LogP contribution is -2.29. The summed E-state index contributed by atoms with van der Waals surface area (Å²) in [7, 11) is 0. The van der Waals surface area contributed by atoms with E-state index in [2.05, 4.69) is 0 Å². The molecule has 0 aliphatic heterocycles. The van der Waals surface area contributed by atoms with Gasteiger partial charge in [-0.1, -0.05) is 0 Å². The van der Waals surface area contributed by atoms with Crippen LogP contribution in [0.15, 0.2) is 18.2 Å². The zero-order valence-corrected chi connectivity index (χ0v) is 8.04. The lowest BCUT2D eigenvalue weighted by Gasteiger charge is -2.20. The first kappa shape index (κ1) is 10.5. The number of nitrogen functional groups attached to an aromatic ring is 1. The summed E-state index contributed by atoms with van der Waals surface area (Å²) in [6.45, 7) is 2.88. The molecule has 4 heteroatoms. The summed E-state index contributed by atoms with van der Waals surface area (Å²) in [5.41, 5.74) is 4.66. The number of carboxylic acid groups (broad SMARTS) is 1. The number of anilines is 1. The maximum atomic E-state index is 13.3. The van der Waals surface area contributed by atoms with E-state index in [4.69, 9.17) is 10.8 Å². The maximum absolute atomic E-state index is 13.3. The summed E-state index contributed by atoms with van der Waals surface area (Å²) in [6.07, 6.45) is 0. The first-order valence-electron chi connectivity index (χ1n) is 4.14. The highest BCUT2D eigenvalue weighted by Crippen LogP contribution is 2.27. The SMILES string of the molecule is CC(C)(C(=O)O)c1cc(N)ccc1F. The van der Waals surface area contributed by atoms with Gasteiger partial charge in [-0.25, -0.2) is 4.39 Å². The molecule has 0 heterocycles. The number of benzene rings is 1. The van der Waals surface area contributed by atoms with Crippen molar-refractivity contribution in [2.24, 2.45) is 0 Å². The van der Waals surface area contributed by atoms with E-state index >= 15 is 0 Å². The highest BCUT2D eigenvalue weighted by molar-refractivity contribution is 5.80. The van der Waals surface area contributed by atoms with Gasteiger partial charge in [0.1, 0.15) is 5.82 Å². The molecular weight excluding hydrogens is 185 g/mol. The zero-order chi connectivity index (χ0) is 10.9. The zero-order valence-electron chi connectivity index (χ0n) is 8.04. The third-order valence-electron chi connectivity index (χ3n) is 2.20. The van der Waals surface area contributed by atoms with Crippen LogP contribution in [0.2, 0.25) is 0 Å². The Morgan fingerprint density at radius 2 is 2.07 bits per heavy atom. The molecule has 0 spiro atoms. The average Bonchev–Trinajstić information content (AvgIpc) is 2.08. The minimum absolute atomic E-state index is 0.102. The summed E-state index contributed by atoms with van der Waals surface area (Å²) >= 11 is 0. The van der Waals surface area contributed by atoms with Gasteiger partial charge >= 0.3 is 5.97 Å². The van der Waals surface area contributed by atoms with Gasteiger partial charge < -0.3 is 10.8 Å². The molecule has 0 radical (unpaired) electrons. The standard InChI is InChI=1S/C10H12FNO2/c1-10(2,9(13)14)7-5-6(12)3-4-8(7)11/h3-5H,12H2,1-2H3,(H,13,14). The molecule has 1 rings (SSSR count). The molecule has 14 heavy (non-hydrogen) atoms. The van der Waals surface area contributed by atoms with E-state index in [-0.39, 0.29) is 5.56 Å². The minimum Gasteiger partial charge on any atom is -0.481 e. The van der Waals surface area contributed by atoms with E-state index in [1.165, 1.54) is 32.0 Å². The highest BCUT2D eigenvalue weighted by Gasteiger charge is 2.32. The Morgan fingerprint density at radius 3 is 2.57 bits per heavy atom. The molecule has 0 aromatic heterocycles. The van der Waals surface area contributed by atoms with Crippen molar-refractivity contribution < 1.29 is 14.3 Å². The van der Waals surface area contributed by atoms with Crippen molar-refractivity contribution in [1.82, 2.24) is 0 Å². The van der Waals surface area contributed by atoms with Gasteiger partial charge in [-0.15, -0.1) is 0 Å². The van der Waals surface area contributed by atoms with E-state index in [0.29, 0.717) is 5.69 Å². The van der Waals surface area contributed by atoms with Crippen LogP contribution < -0.4 is 5.73 Å². The lowest BCUT2D eigenvalue weighted by atomic mass is 9.84. The Kier molecular flexibility index (Phi) is 2.47. The van der Waals surface area contributed by atoms with Gasteiger partial charge in [0.15, 0.2) is 0 Å². The molecule has 0 atom stereocenters. The van der Waals surface area contributed by atoms with Crippen LogP contribution >= 0.6 is 0 Å². The van der Waals surface area contributed by atoms with Crippen LogP contribution in [-0.2, 0) is 10.2 Å². The van der Waals surface area contributed by atoms with Gasteiger partial charge in [-0.2, -0.15) is 0 Å². The summed E-state index contributed by atoms with van der Waals surface area (Å²) in [5.74, 6) is -1.63. The summed E-state index contributed by atoms with van der Waals surface area (Å²) in [5, 5.41) is 8.90. The van der Waals surface area contributed by atoms with E-state index < -0.39 is 17.2 Å². The number of halogens is 1. The molecule has 1 aromatic carbocycles. The third kappa shape index (κ3) is 1.69. The molecule has 1 aromatic rings. The summed E-state index contributed by atoms with van der Waals surface area (Å²) in [4.78, 5) is 10.9. The Morgan fingerprint density at radius 1 is 1.50 bits per heavy atom. The van der Waals surface area contributed by atoms with E-state index in [9.17, 15) is 9.18 Å². The molecule has 0 saturated carbocycles. The topological polar surface area (TPSA) is 63.3 Å². The van der Waals surface area contributed by atoms with Crippen molar-refractivity contribution in [3.8, 4) is 0 Å². The molecule has 0 amide bonds. The third-order valence-corrected chi connectivity index (χ3v) is 2.20. The lowest BCUT2D eigenvalue weighted by molar-refractivity contribution is -0.142. The van der Waals surface area contributed by atoms with Crippen molar-refractivity contribution in [1.29, 1.82) is 0 Å². The number of hydrogen-bond donors (Lipinski definition) is 2. The van der Waals surface area contributed by atoms with E-state index in [1.54, 1.807) is 0 Å². The van der Waals surface area contributed by atoms with Crippen LogP contribution in [0.4, 0.5) is 10.1 Å². The molecule has 3 nitrogen and oxygen atoms in total. The van der Waals surface area contributed by atoms with Crippen LogP contribution in [0.3, 0.4) is 0 Å². The highest BCUT2D eigenvalue weighted by atomic mass is 19.1. The van der Waals surface area contributed by atoms with Crippen LogP contribution in [0.5, 0.6) is 0 Å². The Bertz CT molecular complexity index is 374. The molecule has 0 aliphatic rings. The monoisotopic (exact) mass is 197 g/mol. The second kappa shape index (κ2) is 3.29. The minimum atomic E-state index is -1.26. The maximum Gasteiger partial charge on any atom is 0.313 e. The van der Waals surface area contributed by atoms with Gasteiger partial charge in [0.05, 0.1) is 5.41 Å². The predicted molar refractivity (Wildman–Crippen MR) is 51.5 cm³/mol. The van der Waals surface area contributed by atoms with Gasteiger partial charge in [0, 0.05) is 11.3 Å². The van der Waals surface area contributed by atoms with Crippen LogP contribution in [0, 0.1) is 5.82 Å². The second-order valence-corrected chi connectivity index (χ2v) is 3.67. The second-order valence-electron chi connectivity index (χ2n) is 3.67. The van der Waals surface area contributed by atoms with Gasteiger partial charge in [-0.05, 0) is 32.0 Å². The Balaban J connectivity index is 3.31. The van der Waals surface area contributed by atoms with Crippen molar-refractivity contribution in [2.45, 2.75) is 19.3 Å². The number of aliphatic carboxylic acids is 1. The smallest absolute Gasteiger partial charge is 0.313 e. The Hall–Kier alpha value is -1.58. The van der Waals surface area contributed by atoms with E-state index in [0.717, 1.165) is 0 Å². The first-order valence-corrected chi connectivity index (χ1v) is 4.14. The summed E-state index contributed by atoms with van der Waals surface area (Å²) < 4.78 is 13.3. The molecule has 0 fully saturated rings. The molecule has 0 bridgehead atoms. The average molecular weight is 197 g/mol. The number of carboxylic acids is 1. The molecule has 3 N–H and O–H groups in total. The molecule has 76 valence electrons. The van der Waals surface area contributed by atoms with Crippen LogP contribution in [0.1, 0.15) is 19.4 Å². The van der Waals surface area contributed by atoms with E-state index in [1.807, 2.05) is 0 Å². The predicted octanol–water partition coefficient (Wildman–Crippen LogP) is 1.77. The Labute approximate surface area is 81.4 Å². The fourth-order valence-corrected chi connectivity index (χ4v) is 1.14. The van der Waals surface area contributed by atoms with Crippen molar-refractivity contribution >= 4 is 11.7 Å². The quantitative estimate of drug-likeness (QED) is 0.710. The fourth-order valence-electron chi connectivity index (χ4n) is 1.14. The largest absolute Gasteiger partial charge is 0.481 e. The number of carbonyl (C=O) groups is 1. The number of rotatable bonds is 2. The molecule has 0 aliphatic carbocycles. The molecular formula is C10H12FNO2. The first-order chi connectivity index (χ1) is 6.35. The van der Waals surface area contributed by atoms with Gasteiger partial charge in [0.25, 0.3) is 0 Å². The normalized spacial score (nSPS) is 11.4. The molecule has 0 saturated heterocycles. The van der Waals surface area contributed by atoms with Crippen molar-refractivity contribution in [3.63, 3.8) is 0 Å².